The van der Waals surface area contributed by atoms with Crippen molar-refractivity contribution < 1.29 is 0 Å². The van der Waals surface area contributed by atoms with Crippen molar-refractivity contribution in [3.05, 3.63) is 35.9 Å². The second-order valence-corrected chi connectivity index (χ2v) is 4.77. The van der Waals surface area contributed by atoms with Gasteiger partial charge < -0.3 is 0 Å². The summed E-state index contributed by atoms with van der Waals surface area (Å²) in [5.41, 5.74) is 0.927. The highest BCUT2D eigenvalue weighted by atomic mass is 14.5. The van der Waals surface area contributed by atoms with E-state index in [-0.39, 0.29) is 5.41 Å². The summed E-state index contributed by atoms with van der Waals surface area (Å²) in [5, 5.41) is 18.5. The SMILES string of the molecule is N#CC(C#N)C1(c2ccccc2)CCCCC1. The van der Waals surface area contributed by atoms with Crippen molar-refractivity contribution in [1.29, 1.82) is 10.5 Å². The van der Waals surface area contributed by atoms with Gasteiger partial charge >= 0.3 is 0 Å². The third-order valence-corrected chi connectivity index (χ3v) is 3.91. The fraction of sp³-hybridized carbons (Fsp3) is 0.467. The zero-order valence-corrected chi connectivity index (χ0v) is 9.89. The standard InChI is InChI=1S/C15H16N2/c16-11-14(12-17)15(9-5-2-6-10-15)13-7-3-1-4-8-13/h1,3-4,7-8,14H,2,5-6,9-10H2. The highest BCUT2D eigenvalue weighted by Gasteiger charge is 2.41. The largest absolute Gasteiger partial charge is 0.197 e. The Labute approximate surface area is 102 Å². The van der Waals surface area contributed by atoms with E-state index >= 15 is 0 Å². The van der Waals surface area contributed by atoms with Gasteiger partial charge in [0.2, 0.25) is 0 Å². The van der Waals surface area contributed by atoms with Crippen molar-refractivity contribution in [3.8, 4) is 12.1 Å². The average molecular weight is 224 g/mol. The van der Waals surface area contributed by atoms with E-state index in [2.05, 4.69) is 24.3 Å². The minimum atomic E-state index is -0.523. The fourth-order valence-electron chi connectivity index (χ4n) is 2.97. The summed E-state index contributed by atoms with van der Waals surface area (Å²) in [6, 6.07) is 14.5. The zero-order chi connectivity index (χ0) is 12.1. The van der Waals surface area contributed by atoms with E-state index in [4.69, 9.17) is 0 Å². The van der Waals surface area contributed by atoms with Crippen LogP contribution in [0.1, 0.15) is 37.7 Å². The van der Waals surface area contributed by atoms with Crippen LogP contribution in [0.5, 0.6) is 0 Å². The monoisotopic (exact) mass is 224 g/mol. The molecule has 0 aliphatic heterocycles. The van der Waals surface area contributed by atoms with Gasteiger partial charge in [-0.05, 0) is 18.4 Å². The van der Waals surface area contributed by atoms with Crippen molar-refractivity contribution in [2.45, 2.75) is 37.5 Å². The molecule has 2 heteroatoms. The molecule has 1 aliphatic rings. The molecule has 0 amide bonds. The Morgan fingerprint density at radius 3 is 2.06 bits per heavy atom. The molecule has 1 aliphatic carbocycles. The van der Waals surface area contributed by atoms with E-state index in [0.29, 0.717) is 0 Å². The van der Waals surface area contributed by atoms with Crippen LogP contribution in [0.15, 0.2) is 30.3 Å². The maximum Gasteiger partial charge on any atom is 0.142 e. The lowest BCUT2D eigenvalue weighted by atomic mass is 9.63. The number of nitrogens with zero attached hydrogens (tertiary/aromatic N) is 2. The van der Waals surface area contributed by atoms with Crippen molar-refractivity contribution in [3.63, 3.8) is 0 Å². The van der Waals surface area contributed by atoms with Crippen molar-refractivity contribution >= 4 is 0 Å². The van der Waals surface area contributed by atoms with Gasteiger partial charge in [-0.3, -0.25) is 0 Å². The van der Waals surface area contributed by atoms with Crippen molar-refractivity contribution in [2.24, 2.45) is 5.92 Å². The summed E-state index contributed by atoms with van der Waals surface area (Å²) < 4.78 is 0. The Morgan fingerprint density at radius 1 is 0.941 bits per heavy atom. The first-order valence-corrected chi connectivity index (χ1v) is 6.18. The van der Waals surface area contributed by atoms with E-state index in [0.717, 1.165) is 31.2 Å². The highest BCUT2D eigenvalue weighted by molar-refractivity contribution is 5.32. The number of nitriles is 2. The third-order valence-electron chi connectivity index (χ3n) is 3.91. The molecule has 0 radical (unpaired) electrons. The third kappa shape index (κ3) is 2.04. The van der Waals surface area contributed by atoms with E-state index in [9.17, 15) is 10.5 Å². The quantitative estimate of drug-likeness (QED) is 0.771. The van der Waals surface area contributed by atoms with Gasteiger partial charge in [0.15, 0.2) is 0 Å². The molecular formula is C15H16N2. The van der Waals surface area contributed by atoms with Crippen LogP contribution in [0.2, 0.25) is 0 Å². The Morgan fingerprint density at radius 2 is 1.53 bits per heavy atom. The molecule has 17 heavy (non-hydrogen) atoms. The van der Waals surface area contributed by atoms with Crippen molar-refractivity contribution in [1.82, 2.24) is 0 Å². The molecular weight excluding hydrogens is 208 g/mol. The average Bonchev–Trinajstić information content (AvgIpc) is 2.42. The van der Waals surface area contributed by atoms with Gasteiger partial charge in [0, 0.05) is 5.41 Å². The summed E-state index contributed by atoms with van der Waals surface area (Å²) in [6.45, 7) is 0. The van der Waals surface area contributed by atoms with Crippen LogP contribution in [0.4, 0.5) is 0 Å². The molecule has 2 rings (SSSR count). The predicted molar refractivity (Wildman–Crippen MR) is 65.9 cm³/mol. The summed E-state index contributed by atoms with van der Waals surface area (Å²) in [6.07, 6.45) is 5.38. The molecule has 0 saturated heterocycles. The Kier molecular flexibility index (Phi) is 3.45. The molecule has 0 unspecified atom stereocenters. The molecule has 1 fully saturated rings. The summed E-state index contributed by atoms with van der Waals surface area (Å²) in [5.74, 6) is -0.523. The molecule has 0 bridgehead atoms. The first-order valence-electron chi connectivity index (χ1n) is 6.18. The van der Waals surface area contributed by atoms with Crippen LogP contribution in [0.3, 0.4) is 0 Å². The number of hydrogen-bond donors (Lipinski definition) is 0. The normalized spacial score (nSPS) is 18.3. The summed E-state index contributed by atoms with van der Waals surface area (Å²) in [4.78, 5) is 0. The number of rotatable bonds is 2. The first kappa shape index (κ1) is 11.7. The second-order valence-electron chi connectivity index (χ2n) is 4.77. The van der Waals surface area contributed by atoms with Crippen LogP contribution >= 0.6 is 0 Å². The molecule has 1 saturated carbocycles. The predicted octanol–water partition coefficient (Wildman–Crippen LogP) is 3.55. The first-order chi connectivity index (χ1) is 8.33. The van der Waals surface area contributed by atoms with Gasteiger partial charge in [-0.2, -0.15) is 10.5 Å². The second kappa shape index (κ2) is 5.02. The fourth-order valence-corrected chi connectivity index (χ4v) is 2.97. The summed E-state index contributed by atoms with van der Waals surface area (Å²) >= 11 is 0. The Hall–Kier alpha value is -1.80. The van der Waals surface area contributed by atoms with E-state index in [1.54, 1.807) is 0 Å². The van der Waals surface area contributed by atoms with Crippen LogP contribution in [-0.4, -0.2) is 0 Å². The van der Waals surface area contributed by atoms with Gasteiger partial charge in [0.1, 0.15) is 5.92 Å². The Bertz CT molecular complexity index is 430. The van der Waals surface area contributed by atoms with Gasteiger partial charge in [0.05, 0.1) is 12.1 Å². The molecule has 2 nitrogen and oxygen atoms in total. The van der Waals surface area contributed by atoms with Crippen LogP contribution in [-0.2, 0) is 5.41 Å². The number of benzene rings is 1. The van der Waals surface area contributed by atoms with Gasteiger partial charge in [-0.25, -0.2) is 0 Å². The maximum absolute atomic E-state index is 9.23. The highest BCUT2D eigenvalue weighted by Crippen LogP contribution is 2.44. The zero-order valence-electron chi connectivity index (χ0n) is 9.89. The van der Waals surface area contributed by atoms with Crippen molar-refractivity contribution in [2.75, 3.05) is 0 Å². The molecule has 86 valence electrons. The minimum absolute atomic E-state index is 0.233. The molecule has 0 aromatic heterocycles. The molecule has 1 aromatic rings. The van der Waals surface area contributed by atoms with Gasteiger partial charge in [-0.1, -0.05) is 49.6 Å². The van der Waals surface area contributed by atoms with Gasteiger partial charge in [0.25, 0.3) is 0 Å². The maximum atomic E-state index is 9.23. The molecule has 0 atom stereocenters. The smallest absolute Gasteiger partial charge is 0.142 e. The topological polar surface area (TPSA) is 47.6 Å². The number of hydrogen-bond acceptors (Lipinski definition) is 2. The molecule has 0 spiro atoms. The van der Waals surface area contributed by atoms with Crippen LogP contribution in [0.25, 0.3) is 0 Å². The van der Waals surface area contributed by atoms with Crippen LogP contribution < -0.4 is 0 Å². The van der Waals surface area contributed by atoms with E-state index in [1.165, 1.54) is 6.42 Å². The molecule has 1 aromatic carbocycles. The van der Waals surface area contributed by atoms with Gasteiger partial charge in [-0.15, -0.1) is 0 Å². The minimum Gasteiger partial charge on any atom is -0.197 e. The Balaban J connectivity index is 2.44. The lowest BCUT2D eigenvalue weighted by molar-refractivity contribution is 0.260. The molecule has 0 N–H and O–H groups in total. The van der Waals surface area contributed by atoms with Crippen LogP contribution in [0, 0.1) is 28.6 Å². The summed E-state index contributed by atoms with van der Waals surface area (Å²) in [7, 11) is 0. The van der Waals surface area contributed by atoms with E-state index < -0.39 is 5.92 Å². The van der Waals surface area contributed by atoms with E-state index in [1.807, 2.05) is 18.2 Å². The lowest BCUT2D eigenvalue weighted by Gasteiger charge is -2.38. The molecule has 0 heterocycles. The lowest BCUT2D eigenvalue weighted by Crippen LogP contribution is -2.36.